The second kappa shape index (κ2) is 5.70. The fraction of sp³-hybridized carbons (Fsp3) is 0.600. The maximum atomic E-state index is 6.03. The van der Waals surface area contributed by atoms with Gasteiger partial charge in [0.15, 0.2) is 5.65 Å². The van der Waals surface area contributed by atoms with E-state index in [0.29, 0.717) is 16.9 Å². The van der Waals surface area contributed by atoms with Crippen LogP contribution in [0.5, 0.6) is 0 Å². The smallest absolute Gasteiger partial charge is 0.160 e. The van der Waals surface area contributed by atoms with Crippen LogP contribution in [-0.2, 0) is 6.54 Å². The normalized spacial score (nSPS) is 17.2. The Morgan fingerprint density at radius 3 is 2.85 bits per heavy atom. The van der Waals surface area contributed by atoms with Crippen LogP contribution in [0, 0.1) is 5.92 Å². The highest BCUT2D eigenvalue weighted by molar-refractivity contribution is 6.31. The molecule has 1 aliphatic heterocycles. The number of fused-ring (bicyclic) bond motifs is 1. The zero-order valence-electron chi connectivity index (χ0n) is 12.1. The number of nitrogens with one attached hydrogen (secondary N) is 1. The molecule has 0 radical (unpaired) electrons. The number of piperidine rings is 1. The van der Waals surface area contributed by atoms with Crippen LogP contribution in [-0.4, -0.2) is 27.6 Å². The van der Waals surface area contributed by atoms with Gasteiger partial charge >= 0.3 is 0 Å². The van der Waals surface area contributed by atoms with Gasteiger partial charge in [-0.15, -0.1) is 0 Å². The number of imidazole rings is 1. The van der Waals surface area contributed by atoms with Crippen molar-refractivity contribution < 1.29 is 0 Å². The molecule has 0 atom stereocenters. The van der Waals surface area contributed by atoms with Crippen molar-refractivity contribution >= 4 is 22.8 Å². The first-order chi connectivity index (χ1) is 9.65. The fourth-order valence-electron chi connectivity index (χ4n) is 2.95. The van der Waals surface area contributed by atoms with Crippen LogP contribution in [0.4, 0.5) is 0 Å². The molecule has 1 aliphatic rings. The molecule has 3 heterocycles. The van der Waals surface area contributed by atoms with E-state index >= 15 is 0 Å². The molecule has 1 N–H and O–H groups in total. The van der Waals surface area contributed by atoms with Gasteiger partial charge < -0.3 is 9.88 Å². The van der Waals surface area contributed by atoms with Crippen molar-refractivity contribution in [3.05, 3.63) is 23.1 Å². The van der Waals surface area contributed by atoms with E-state index in [2.05, 4.69) is 28.7 Å². The average Bonchev–Trinajstić information content (AvgIpc) is 2.78. The minimum absolute atomic E-state index is 0.393. The van der Waals surface area contributed by atoms with Gasteiger partial charge in [-0.2, -0.15) is 0 Å². The first-order valence-corrected chi connectivity index (χ1v) is 7.75. The zero-order valence-corrected chi connectivity index (χ0v) is 12.8. The summed E-state index contributed by atoms with van der Waals surface area (Å²) >= 11 is 6.03. The van der Waals surface area contributed by atoms with Crippen LogP contribution in [0.2, 0.25) is 5.02 Å². The summed E-state index contributed by atoms with van der Waals surface area (Å²) in [6, 6.07) is 1.91. The number of pyridine rings is 1. The number of hydrogen-bond donors (Lipinski definition) is 1. The Bertz CT molecular complexity index is 599. The van der Waals surface area contributed by atoms with Crippen LogP contribution < -0.4 is 5.32 Å². The Balaban J connectivity index is 1.99. The zero-order chi connectivity index (χ0) is 14.1. The molecular weight excluding hydrogens is 272 g/mol. The van der Waals surface area contributed by atoms with Crippen LogP contribution in [0.25, 0.3) is 11.2 Å². The Morgan fingerprint density at radius 2 is 2.15 bits per heavy atom. The molecule has 4 nitrogen and oxygen atoms in total. The van der Waals surface area contributed by atoms with Gasteiger partial charge in [0, 0.05) is 18.7 Å². The summed E-state index contributed by atoms with van der Waals surface area (Å²) < 4.78 is 2.30. The van der Waals surface area contributed by atoms with E-state index in [1.165, 1.54) is 12.8 Å². The van der Waals surface area contributed by atoms with E-state index in [-0.39, 0.29) is 0 Å². The molecule has 3 rings (SSSR count). The van der Waals surface area contributed by atoms with Gasteiger partial charge in [0.25, 0.3) is 0 Å². The fourth-order valence-corrected chi connectivity index (χ4v) is 3.10. The largest absolute Gasteiger partial charge is 0.317 e. The van der Waals surface area contributed by atoms with Crippen LogP contribution in [0.1, 0.15) is 38.4 Å². The summed E-state index contributed by atoms with van der Waals surface area (Å²) in [5.41, 5.74) is 1.88. The Hall–Kier alpha value is -1.13. The Kier molecular flexibility index (Phi) is 3.94. The molecule has 0 aromatic carbocycles. The number of aromatic nitrogens is 3. The number of hydrogen-bond acceptors (Lipinski definition) is 3. The summed E-state index contributed by atoms with van der Waals surface area (Å²) in [6.07, 6.45) is 4.17. The topological polar surface area (TPSA) is 42.7 Å². The van der Waals surface area contributed by atoms with Gasteiger partial charge in [0.2, 0.25) is 0 Å². The predicted octanol–water partition coefficient (Wildman–Crippen LogP) is 3.21. The van der Waals surface area contributed by atoms with E-state index in [0.717, 1.165) is 36.6 Å². The van der Waals surface area contributed by atoms with E-state index in [9.17, 15) is 0 Å². The molecule has 108 valence electrons. The quantitative estimate of drug-likeness (QED) is 0.944. The SMILES string of the molecule is CC(C)c1nc2cc(Cl)cnc2n1CC1CCNCC1. The minimum Gasteiger partial charge on any atom is -0.317 e. The van der Waals surface area contributed by atoms with Crippen molar-refractivity contribution in [3.63, 3.8) is 0 Å². The van der Waals surface area contributed by atoms with E-state index < -0.39 is 0 Å². The second-order valence-corrected chi connectivity index (χ2v) is 6.36. The van der Waals surface area contributed by atoms with E-state index in [4.69, 9.17) is 16.6 Å². The maximum Gasteiger partial charge on any atom is 0.160 e. The third kappa shape index (κ3) is 2.67. The molecule has 2 aromatic heterocycles. The Morgan fingerprint density at radius 1 is 1.40 bits per heavy atom. The summed E-state index contributed by atoms with van der Waals surface area (Å²) in [5, 5.41) is 4.07. The van der Waals surface area contributed by atoms with Gasteiger partial charge in [0.05, 0.1) is 5.02 Å². The molecule has 0 unspecified atom stereocenters. The third-order valence-electron chi connectivity index (χ3n) is 4.00. The monoisotopic (exact) mass is 292 g/mol. The molecule has 0 saturated carbocycles. The Labute approximate surface area is 124 Å². The standard InChI is InChI=1S/C15H21ClN4/c1-10(2)14-19-13-7-12(16)8-18-15(13)20(14)9-11-3-5-17-6-4-11/h7-8,10-11,17H,3-6,9H2,1-2H3. The summed E-state index contributed by atoms with van der Waals surface area (Å²) in [5.74, 6) is 2.22. The highest BCUT2D eigenvalue weighted by Gasteiger charge is 2.20. The number of halogens is 1. The van der Waals surface area contributed by atoms with Crippen molar-refractivity contribution in [1.29, 1.82) is 0 Å². The minimum atomic E-state index is 0.393. The van der Waals surface area contributed by atoms with Crippen LogP contribution >= 0.6 is 11.6 Å². The van der Waals surface area contributed by atoms with E-state index in [1.807, 2.05) is 6.07 Å². The molecular formula is C15H21ClN4. The van der Waals surface area contributed by atoms with Gasteiger partial charge in [-0.1, -0.05) is 25.4 Å². The molecule has 2 aromatic rings. The van der Waals surface area contributed by atoms with E-state index in [1.54, 1.807) is 6.20 Å². The molecule has 1 fully saturated rings. The van der Waals surface area contributed by atoms with Crippen molar-refractivity contribution in [2.24, 2.45) is 5.92 Å². The lowest BCUT2D eigenvalue weighted by atomic mass is 9.98. The van der Waals surface area contributed by atoms with Crippen molar-refractivity contribution in [2.45, 2.75) is 39.2 Å². The molecule has 5 heteroatoms. The molecule has 20 heavy (non-hydrogen) atoms. The molecule has 0 spiro atoms. The first-order valence-electron chi connectivity index (χ1n) is 7.37. The highest BCUT2D eigenvalue weighted by Crippen LogP contribution is 2.25. The lowest BCUT2D eigenvalue weighted by Crippen LogP contribution is -2.30. The summed E-state index contributed by atoms with van der Waals surface area (Å²) in [4.78, 5) is 9.24. The molecule has 0 aliphatic carbocycles. The van der Waals surface area contributed by atoms with Crippen molar-refractivity contribution in [1.82, 2.24) is 19.9 Å². The molecule has 1 saturated heterocycles. The van der Waals surface area contributed by atoms with Crippen molar-refractivity contribution in [3.8, 4) is 0 Å². The lowest BCUT2D eigenvalue weighted by molar-refractivity contribution is 0.331. The summed E-state index contributed by atoms with van der Waals surface area (Å²) in [6.45, 7) is 7.62. The predicted molar refractivity (Wildman–Crippen MR) is 82.2 cm³/mol. The van der Waals surface area contributed by atoms with Crippen LogP contribution in [0.3, 0.4) is 0 Å². The first kappa shape index (κ1) is 13.8. The van der Waals surface area contributed by atoms with Gasteiger partial charge in [-0.05, 0) is 37.9 Å². The maximum absolute atomic E-state index is 6.03. The molecule has 0 bridgehead atoms. The summed E-state index contributed by atoms with van der Waals surface area (Å²) in [7, 11) is 0. The van der Waals surface area contributed by atoms with Gasteiger partial charge in [-0.25, -0.2) is 9.97 Å². The van der Waals surface area contributed by atoms with Crippen LogP contribution in [0.15, 0.2) is 12.3 Å². The number of rotatable bonds is 3. The van der Waals surface area contributed by atoms with Gasteiger partial charge in [0.1, 0.15) is 11.3 Å². The average molecular weight is 293 g/mol. The molecule has 0 amide bonds. The second-order valence-electron chi connectivity index (χ2n) is 5.92. The van der Waals surface area contributed by atoms with Gasteiger partial charge in [-0.3, -0.25) is 0 Å². The third-order valence-corrected chi connectivity index (χ3v) is 4.20. The number of nitrogens with zero attached hydrogens (tertiary/aromatic N) is 3. The lowest BCUT2D eigenvalue weighted by Gasteiger charge is -2.24. The van der Waals surface area contributed by atoms with Crippen molar-refractivity contribution in [2.75, 3.05) is 13.1 Å². The highest BCUT2D eigenvalue weighted by atomic mass is 35.5.